The van der Waals surface area contributed by atoms with Crippen molar-refractivity contribution in [3.63, 3.8) is 0 Å². The number of benzene rings is 1. The molecule has 0 bridgehead atoms. The Labute approximate surface area is 123 Å². The first kappa shape index (κ1) is 15.5. The number of nitrogens with one attached hydrogen (secondary N) is 1. The maximum Gasteiger partial charge on any atom is 0.240 e. The van der Waals surface area contributed by atoms with Crippen molar-refractivity contribution in [1.29, 1.82) is 0 Å². The van der Waals surface area contributed by atoms with Crippen molar-refractivity contribution in [3.8, 4) is 5.75 Å². The number of methoxy groups -OCH3 is 1. The SMILES string of the molecule is COc1ccc(S(=O)(=O)NCCn2ccnc2)cc1CO. The summed E-state index contributed by atoms with van der Waals surface area (Å²) in [6.45, 7) is 0.447. The minimum absolute atomic E-state index is 0.0954. The molecule has 2 aromatic rings. The molecule has 0 atom stereocenters. The molecule has 1 aromatic carbocycles. The lowest BCUT2D eigenvalue weighted by molar-refractivity contribution is 0.273. The molecule has 0 saturated carbocycles. The van der Waals surface area contributed by atoms with Crippen molar-refractivity contribution in [3.05, 3.63) is 42.5 Å². The number of ether oxygens (including phenoxy) is 1. The fourth-order valence-corrected chi connectivity index (χ4v) is 2.93. The highest BCUT2D eigenvalue weighted by Gasteiger charge is 2.15. The Morgan fingerprint density at radius 3 is 2.86 bits per heavy atom. The van der Waals surface area contributed by atoms with Crippen molar-refractivity contribution in [2.75, 3.05) is 13.7 Å². The Hall–Kier alpha value is -1.90. The Morgan fingerprint density at radius 2 is 2.24 bits per heavy atom. The van der Waals surface area contributed by atoms with E-state index < -0.39 is 10.0 Å². The molecule has 0 unspecified atom stereocenters. The number of aliphatic hydroxyl groups is 1. The highest BCUT2D eigenvalue weighted by Crippen LogP contribution is 2.22. The summed E-state index contributed by atoms with van der Waals surface area (Å²) in [4.78, 5) is 3.98. The molecular weight excluding hydrogens is 294 g/mol. The average molecular weight is 311 g/mol. The van der Waals surface area contributed by atoms with Gasteiger partial charge in [-0.15, -0.1) is 0 Å². The molecule has 0 aliphatic carbocycles. The lowest BCUT2D eigenvalue weighted by atomic mass is 10.2. The van der Waals surface area contributed by atoms with E-state index in [4.69, 9.17) is 4.74 Å². The second-order valence-electron chi connectivity index (χ2n) is 4.33. The van der Waals surface area contributed by atoms with E-state index in [1.165, 1.54) is 25.3 Å². The molecule has 0 fully saturated rings. The van der Waals surface area contributed by atoms with Crippen molar-refractivity contribution in [2.45, 2.75) is 18.0 Å². The molecule has 8 heteroatoms. The van der Waals surface area contributed by atoms with Gasteiger partial charge in [0.25, 0.3) is 0 Å². The maximum atomic E-state index is 12.2. The van der Waals surface area contributed by atoms with E-state index in [1.54, 1.807) is 23.3 Å². The van der Waals surface area contributed by atoms with Crippen LogP contribution in [0.25, 0.3) is 0 Å². The van der Waals surface area contributed by atoms with Crippen LogP contribution in [-0.2, 0) is 23.2 Å². The molecule has 0 aliphatic rings. The summed E-state index contributed by atoms with van der Waals surface area (Å²) in [6, 6.07) is 4.37. The van der Waals surface area contributed by atoms with Gasteiger partial charge >= 0.3 is 0 Å². The number of sulfonamides is 1. The van der Waals surface area contributed by atoms with E-state index >= 15 is 0 Å². The Bertz CT molecular complexity index is 683. The van der Waals surface area contributed by atoms with Crippen molar-refractivity contribution in [2.24, 2.45) is 0 Å². The highest BCUT2D eigenvalue weighted by atomic mass is 32.2. The molecular formula is C13H17N3O4S. The lowest BCUT2D eigenvalue weighted by Crippen LogP contribution is -2.27. The van der Waals surface area contributed by atoms with E-state index in [0.29, 0.717) is 17.9 Å². The zero-order chi connectivity index (χ0) is 15.3. The minimum atomic E-state index is -3.62. The van der Waals surface area contributed by atoms with Crippen LogP contribution in [0.5, 0.6) is 5.75 Å². The first-order valence-electron chi connectivity index (χ1n) is 6.30. The van der Waals surface area contributed by atoms with E-state index in [2.05, 4.69) is 9.71 Å². The molecule has 0 spiro atoms. The number of nitrogens with zero attached hydrogens (tertiary/aromatic N) is 2. The van der Waals surface area contributed by atoms with E-state index in [-0.39, 0.29) is 18.0 Å². The van der Waals surface area contributed by atoms with Crippen LogP contribution in [0.2, 0.25) is 0 Å². The summed E-state index contributed by atoms with van der Waals surface area (Å²) in [5.74, 6) is 0.454. The largest absolute Gasteiger partial charge is 0.496 e. The quantitative estimate of drug-likeness (QED) is 0.770. The molecule has 0 radical (unpaired) electrons. The van der Waals surface area contributed by atoms with Gasteiger partial charge in [0.2, 0.25) is 10.0 Å². The van der Waals surface area contributed by atoms with Crippen LogP contribution in [0.15, 0.2) is 41.8 Å². The maximum absolute atomic E-state index is 12.2. The smallest absolute Gasteiger partial charge is 0.240 e. The van der Waals surface area contributed by atoms with Crippen molar-refractivity contribution >= 4 is 10.0 Å². The van der Waals surface area contributed by atoms with Gasteiger partial charge in [-0.2, -0.15) is 0 Å². The van der Waals surface area contributed by atoms with Gasteiger partial charge in [0.05, 0.1) is 24.9 Å². The van der Waals surface area contributed by atoms with Crippen LogP contribution in [0.4, 0.5) is 0 Å². The van der Waals surface area contributed by atoms with Gasteiger partial charge in [-0.3, -0.25) is 0 Å². The summed E-state index contributed by atoms with van der Waals surface area (Å²) >= 11 is 0. The second-order valence-corrected chi connectivity index (χ2v) is 6.10. The number of rotatable bonds is 7. The number of hydrogen-bond donors (Lipinski definition) is 2. The molecule has 2 N–H and O–H groups in total. The monoisotopic (exact) mass is 311 g/mol. The highest BCUT2D eigenvalue weighted by molar-refractivity contribution is 7.89. The molecule has 21 heavy (non-hydrogen) atoms. The van der Waals surface area contributed by atoms with Gasteiger partial charge in [0, 0.05) is 31.0 Å². The Balaban J connectivity index is 2.08. The average Bonchev–Trinajstić information content (AvgIpc) is 2.99. The zero-order valence-corrected chi connectivity index (χ0v) is 12.4. The molecule has 1 heterocycles. The van der Waals surface area contributed by atoms with Gasteiger partial charge in [-0.05, 0) is 18.2 Å². The second kappa shape index (κ2) is 6.70. The third-order valence-corrected chi connectivity index (χ3v) is 4.41. The van der Waals surface area contributed by atoms with E-state index in [9.17, 15) is 13.5 Å². The number of imidazole rings is 1. The van der Waals surface area contributed by atoms with Crippen LogP contribution in [0.1, 0.15) is 5.56 Å². The number of aromatic nitrogens is 2. The molecule has 1 aromatic heterocycles. The van der Waals surface area contributed by atoms with Crippen LogP contribution in [-0.4, -0.2) is 36.7 Å². The third kappa shape index (κ3) is 3.81. The standard InChI is InChI=1S/C13H17N3O4S/c1-20-13-3-2-12(8-11(13)9-17)21(18,19)15-5-7-16-6-4-14-10-16/h2-4,6,8,10,15,17H,5,7,9H2,1H3. The first-order valence-corrected chi connectivity index (χ1v) is 7.78. The molecule has 0 saturated heterocycles. The summed E-state index contributed by atoms with van der Waals surface area (Å²) < 4.78 is 33.7. The number of hydrogen-bond acceptors (Lipinski definition) is 5. The molecule has 114 valence electrons. The van der Waals surface area contributed by atoms with Crippen LogP contribution < -0.4 is 9.46 Å². The van der Waals surface area contributed by atoms with Crippen molar-refractivity contribution in [1.82, 2.24) is 14.3 Å². The summed E-state index contributed by atoms with van der Waals surface area (Å²) in [6.07, 6.45) is 5.00. The third-order valence-electron chi connectivity index (χ3n) is 2.95. The predicted molar refractivity (Wildman–Crippen MR) is 76.3 cm³/mol. The first-order chi connectivity index (χ1) is 10.1. The predicted octanol–water partition coefficient (Wildman–Crippen LogP) is 0.362. The van der Waals surface area contributed by atoms with Gasteiger partial charge in [0.15, 0.2) is 0 Å². The van der Waals surface area contributed by atoms with E-state index in [1.807, 2.05) is 0 Å². The lowest BCUT2D eigenvalue weighted by Gasteiger charge is -2.10. The Morgan fingerprint density at radius 1 is 1.43 bits per heavy atom. The zero-order valence-electron chi connectivity index (χ0n) is 11.6. The molecule has 7 nitrogen and oxygen atoms in total. The molecule has 0 aliphatic heterocycles. The molecule has 0 amide bonds. The minimum Gasteiger partial charge on any atom is -0.496 e. The summed E-state index contributed by atoms with van der Waals surface area (Å²) in [5.41, 5.74) is 0.426. The topological polar surface area (TPSA) is 93.5 Å². The molecule has 2 rings (SSSR count). The van der Waals surface area contributed by atoms with Crippen LogP contribution in [0.3, 0.4) is 0 Å². The van der Waals surface area contributed by atoms with Gasteiger partial charge in [-0.1, -0.05) is 0 Å². The van der Waals surface area contributed by atoms with Crippen LogP contribution in [0, 0.1) is 0 Å². The summed E-state index contributed by atoms with van der Waals surface area (Å²) in [5, 5.41) is 9.24. The van der Waals surface area contributed by atoms with Crippen LogP contribution >= 0.6 is 0 Å². The van der Waals surface area contributed by atoms with Gasteiger partial charge in [-0.25, -0.2) is 18.1 Å². The fourth-order valence-electron chi connectivity index (χ4n) is 1.86. The normalized spacial score (nSPS) is 11.5. The van der Waals surface area contributed by atoms with Crippen molar-refractivity contribution < 1.29 is 18.3 Å². The fraction of sp³-hybridized carbons (Fsp3) is 0.308. The van der Waals surface area contributed by atoms with Gasteiger partial charge in [0.1, 0.15) is 5.75 Å². The number of aliphatic hydroxyl groups excluding tert-OH is 1. The van der Waals surface area contributed by atoms with E-state index in [0.717, 1.165) is 0 Å². The Kier molecular flexibility index (Phi) is 4.94. The summed E-state index contributed by atoms with van der Waals surface area (Å²) in [7, 11) is -2.16. The van der Waals surface area contributed by atoms with Gasteiger partial charge < -0.3 is 14.4 Å².